The molecule has 0 bridgehead atoms. The number of ether oxygens (including phenoxy) is 1. The van der Waals surface area contributed by atoms with Crippen LogP contribution in [0.15, 0.2) is 12.7 Å². The topological polar surface area (TPSA) is 29.5 Å². The summed E-state index contributed by atoms with van der Waals surface area (Å²) in [5.41, 5.74) is 0.597. The van der Waals surface area contributed by atoms with Crippen molar-refractivity contribution in [3.8, 4) is 0 Å². The highest BCUT2D eigenvalue weighted by Gasteiger charge is 2.65. The summed E-state index contributed by atoms with van der Waals surface area (Å²) in [6.07, 6.45) is 24.5. The number of aliphatic hydroxyl groups is 1. The quantitative estimate of drug-likeness (QED) is 0.495. The van der Waals surface area contributed by atoms with Gasteiger partial charge in [-0.15, -0.1) is 6.58 Å². The van der Waals surface area contributed by atoms with Gasteiger partial charge in [-0.2, -0.15) is 0 Å². The van der Waals surface area contributed by atoms with E-state index in [-0.39, 0.29) is 6.10 Å². The van der Waals surface area contributed by atoms with Gasteiger partial charge in [-0.1, -0.05) is 31.8 Å². The molecule has 0 saturated heterocycles. The van der Waals surface area contributed by atoms with E-state index in [1.54, 1.807) is 0 Å². The molecule has 5 fully saturated rings. The van der Waals surface area contributed by atoms with E-state index in [1.807, 2.05) is 6.08 Å². The van der Waals surface area contributed by atoms with Crippen molar-refractivity contribution in [3.63, 3.8) is 0 Å². The summed E-state index contributed by atoms with van der Waals surface area (Å²) in [6, 6.07) is 0. The first-order chi connectivity index (χ1) is 14.7. The fraction of sp³-hybridized carbons (Fsp3) is 0.929. The maximum Gasteiger partial charge on any atom is 0.0648 e. The van der Waals surface area contributed by atoms with Gasteiger partial charge in [-0.3, -0.25) is 0 Å². The minimum absolute atomic E-state index is 0.0213. The predicted octanol–water partition coefficient (Wildman–Crippen LogP) is 6.91. The van der Waals surface area contributed by atoms with Gasteiger partial charge in [0, 0.05) is 0 Å². The van der Waals surface area contributed by atoms with Gasteiger partial charge in [-0.05, 0) is 118 Å². The van der Waals surface area contributed by atoms with Crippen LogP contribution in [-0.4, -0.2) is 23.9 Å². The van der Waals surface area contributed by atoms with E-state index >= 15 is 0 Å². The van der Waals surface area contributed by atoms with Crippen LogP contribution >= 0.6 is 0 Å². The van der Waals surface area contributed by atoms with Gasteiger partial charge in [0.2, 0.25) is 0 Å². The second-order valence-corrected chi connectivity index (χ2v) is 11.7. The lowest BCUT2D eigenvalue weighted by atomic mass is 9.48. The van der Waals surface area contributed by atoms with Crippen LogP contribution in [0.1, 0.15) is 103 Å². The Morgan fingerprint density at radius 3 is 1.73 bits per heavy atom. The number of hydrogen-bond acceptors (Lipinski definition) is 2. The summed E-state index contributed by atoms with van der Waals surface area (Å²) in [4.78, 5) is 0. The Morgan fingerprint density at radius 1 is 0.700 bits per heavy atom. The van der Waals surface area contributed by atoms with Gasteiger partial charge in [0.1, 0.15) is 0 Å². The zero-order valence-corrected chi connectivity index (χ0v) is 19.3. The molecule has 4 atom stereocenters. The lowest BCUT2D eigenvalue weighted by Crippen LogP contribution is -2.50. The Morgan fingerprint density at radius 2 is 1.20 bits per heavy atom. The summed E-state index contributed by atoms with van der Waals surface area (Å²) >= 11 is 0. The number of aliphatic hydroxyl groups excluding tert-OH is 1. The van der Waals surface area contributed by atoms with E-state index in [1.165, 1.54) is 89.9 Å². The molecule has 2 nitrogen and oxygen atoms in total. The van der Waals surface area contributed by atoms with Crippen molar-refractivity contribution >= 4 is 0 Å². The monoisotopic (exact) mass is 414 g/mol. The minimum Gasteiger partial charge on any atom is -0.393 e. The molecule has 2 heteroatoms. The molecule has 170 valence electrons. The van der Waals surface area contributed by atoms with E-state index in [2.05, 4.69) is 6.58 Å². The maximum absolute atomic E-state index is 10.3. The second kappa shape index (κ2) is 9.26. The van der Waals surface area contributed by atoms with E-state index in [0.29, 0.717) is 11.5 Å². The van der Waals surface area contributed by atoms with Crippen molar-refractivity contribution in [3.05, 3.63) is 12.7 Å². The van der Waals surface area contributed by atoms with Crippen molar-refractivity contribution in [2.24, 2.45) is 40.9 Å². The van der Waals surface area contributed by atoms with Crippen molar-refractivity contribution < 1.29 is 9.84 Å². The highest BCUT2D eigenvalue weighted by atomic mass is 16.5. The van der Waals surface area contributed by atoms with Crippen LogP contribution in [0.5, 0.6) is 0 Å². The molecule has 5 aliphatic carbocycles. The van der Waals surface area contributed by atoms with Gasteiger partial charge in [0.15, 0.2) is 0 Å². The van der Waals surface area contributed by atoms with Crippen molar-refractivity contribution in [2.45, 2.75) is 115 Å². The first-order valence-corrected chi connectivity index (χ1v) is 13.7. The van der Waals surface area contributed by atoms with Gasteiger partial charge < -0.3 is 9.84 Å². The molecule has 4 unspecified atom stereocenters. The molecule has 0 spiro atoms. The Kier molecular flexibility index (Phi) is 6.64. The van der Waals surface area contributed by atoms with Crippen molar-refractivity contribution in [2.75, 3.05) is 6.61 Å². The van der Waals surface area contributed by atoms with Crippen LogP contribution in [0.3, 0.4) is 0 Å². The van der Waals surface area contributed by atoms with E-state index in [4.69, 9.17) is 4.74 Å². The summed E-state index contributed by atoms with van der Waals surface area (Å²) in [5.74, 6) is 5.86. The van der Waals surface area contributed by atoms with E-state index < -0.39 is 0 Å². The van der Waals surface area contributed by atoms with Crippen LogP contribution in [0, 0.1) is 40.9 Å². The summed E-state index contributed by atoms with van der Waals surface area (Å²) in [5, 5.41) is 10.3. The fourth-order valence-electron chi connectivity index (χ4n) is 9.91. The predicted molar refractivity (Wildman–Crippen MR) is 123 cm³/mol. The van der Waals surface area contributed by atoms with Crippen molar-refractivity contribution in [1.82, 2.24) is 0 Å². The average molecular weight is 415 g/mol. The highest BCUT2D eigenvalue weighted by Crippen LogP contribution is 2.71. The molecule has 0 aliphatic heterocycles. The zero-order chi connectivity index (χ0) is 20.6. The van der Waals surface area contributed by atoms with Crippen LogP contribution in [0.4, 0.5) is 0 Å². The molecule has 1 N–H and O–H groups in total. The van der Waals surface area contributed by atoms with Gasteiger partial charge >= 0.3 is 0 Å². The van der Waals surface area contributed by atoms with Gasteiger partial charge in [-0.25, -0.2) is 0 Å². The van der Waals surface area contributed by atoms with Crippen LogP contribution in [0.25, 0.3) is 0 Å². The summed E-state index contributed by atoms with van der Waals surface area (Å²) in [6.45, 7) is 4.56. The maximum atomic E-state index is 10.3. The molecule has 5 saturated carbocycles. The molecule has 5 aliphatic rings. The highest BCUT2D eigenvalue weighted by molar-refractivity contribution is 5.13. The zero-order valence-electron chi connectivity index (χ0n) is 19.3. The summed E-state index contributed by atoms with van der Waals surface area (Å²) < 4.78 is 6.10. The molecule has 0 radical (unpaired) electrons. The van der Waals surface area contributed by atoms with Crippen LogP contribution in [0.2, 0.25) is 0 Å². The molecular formula is C28H46O2. The number of rotatable bonds is 5. The molecule has 0 aromatic heterocycles. The Balaban J connectivity index is 1.46. The van der Waals surface area contributed by atoms with E-state index in [9.17, 15) is 5.11 Å². The lowest BCUT2D eigenvalue weighted by molar-refractivity contribution is -0.0968. The smallest absolute Gasteiger partial charge is 0.0648 e. The standard InChI is InChI=1S/C28H46O2/c1-2-19-30-23-17-13-21(14-18-23)28(20-11-15-22(29)16-12-20)26-9-5-3-7-24(26)25-8-4-6-10-27(25)28/h2,20-27,29H,1,3-19H2. The molecular weight excluding hydrogens is 368 g/mol. The third-order valence-corrected chi connectivity index (χ3v) is 10.7. The molecule has 5 rings (SSSR count). The Bertz CT molecular complexity index is 547. The molecule has 30 heavy (non-hydrogen) atoms. The fourth-order valence-corrected chi connectivity index (χ4v) is 9.91. The van der Waals surface area contributed by atoms with Crippen molar-refractivity contribution in [1.29, 1.82) is 0 Å². The molecule has 0 amide bonds. The number of hydrogen-bond donors (Lipinski definition) is 1. The second-order valence-electron chi connectivity index (χ2n) is 11.7. The largest absolute Gasteiger partial charge is 0.393 e. The Hall–Kier alpha value is -0.340. The first-order valence-electron chi connectivity index (χ1n) is 13.7. The van der Waals surface area contributed by atoms with Gasteiger partial charge in [0.25, 0.3) is 0 Å². The lowest BCUT2D eigenvalue weighted by Gasteiger charge is -2.56. The Labute approximate surface area is 185 Å². The van der Waals surface area contributed by atoms with Gasteiger partial charge in [0.05, 0.1) is 18.8 Å². The van der Waals surface area contributed by atoms with Crippen LogP contribution < -0.4 is 0 Å². The third-order valence-electron chi connectivity index (χ3n) is 10.7. The van der Waals surface area contributed by atoms with Crippen LogP contribution in [-0.2, 0) is 4.74 Å². The first kappa shape index (κ1) is 21.5. The molecule has 0 heterocycles. The average Bonchev–Trinajstić information content (AvgIpc) is 3.10. The normalized spacial score (nSPS) is 49.2. The molecule has 0 aromatic carbocycles. The molecule has 0 aromatic rings. The minimum atomic E-state index is -0.0213. The third kappa shape index (κ3) is 3.62. The summed E-state index contributed by atoms with van der Waals surface area (Å²) in [7, 11) is 0. The van der Waals surface area contributed by atoms with E-state index in [0.717, 1.165) is 55.0 Å². The SMILES string of the molecule is C=CCOC1CCC(C2(C3CCC(O)CC3)C3CCCCC3C3CCCCC32)CC1. The number of fused-ring (bicyclic) bond motifs is 3.